The van der Waals surface area contributed by atoms with Gasteiger partial charge in [-0.15, -0.1) is 0 Å². The van der Waals surface area contributed by atoms with Gasteiger partial charge in [0.05, 0.1) is 13.2 Å². The first kappa shape index (κ1) is 16.0. The molecule has 0 saturated carbocycles. The number of carbonyl (C=O) groups is 2. The van der Waals surface area contributed by atoms with Crippen molar-refractivity contribution in [2.75, 3.05) is 13.2 Å². The SMILES string of the molecule is CCOC(=O)C(C)(C(=O)OCC)c1cccc2ccccc12. The third kappa shape index (κ3) is 2.69. The highest BCUT2D eigenvalue weighted by atomic mass is 16.6. The van der Waals surface area contributed by atoms with Gasteiger partial charge < -0.3 is 9.47 Å². The molecule has 0 N–H and O–H groups in total. The van der Waals surface area contributed by atoms with Crippen LogP contribution in [0.2, 0.25) is 0 Å². The molecule has 116 valence electrons. The molecule has 2 aromatic carbocycles. The molecular weight excluding hydrogens is 280 g/mol. The van der Waals surface area contributed by atoms with E-state index in [-0.39, 0.29) is 13.2 Å². The van der Waals surface area contributed by atoms with Crippen LogP contribution in [-0.2, 0) is 24.5 Å². The predicted molar refractivity (Wildman–Crippen MR) is 84.6 cm³/mol. The van der Waals surface area contributed by atoms with Crippen molar-refractivity contribution in [3.8, 4) is 0 Å². The maximum Gasteiger partial charge on any atom is 0.327 e. The fourth-order valence-electron chi connectivity index (χ4n) is 2.52. The number of ether oxygens (including phenoxy) is 2. The Morgan fingerprint density at radius 3 is 2.05 bits per heavy atom. The number of benzene rings is 2. The van der Waals surface area contributed by atoms with Crippen LogP contribution in [0.15, 0.2) is 42.5 Å². The zero-order valence-electron chi connectivity index (χ0n) is 13.1. The minimum absolute atomic E-state index is 0.207. The summed E-state index contributed by atoms with van der Waals surface area (Å²) in [6, 6.07) is 13.2. The maximum absolute atomic E-state index is 12.5. The van der Waals surface area contributed by atoms with Gasteiger partial charge in [-0.2, -0.15) is 0 Å². The fraction of sp³-hybridized carbons (Fsp3) is 0.333. The van der Waals surface area contributed by atoms with Gasteiger partial charge in [-0.25, -0.2) is 0 Å². The molecule has 0 bridgehead atoms. The summed E-state index contributed by atoms with van der Waals surface area (Å²) in [6.07, 6.45) is 0. The molecule has 0 heterocycles. The molecule has 0 unspecified atom stereocenters. The van der Waals surface area contributed by atoms with Crippen molar-refractivity contribution in [3.05, 3.63) is 48.0 Å². The molecule has 0 fully saturated rings. The van der Waals surface area contributed by atoms with E-state index in [1.54, 1.807) is 26.8 Å². The van der Waals surface area contributed by atoms with Crippen LogP contribution >= 0.6 is 0 Å². The highest BCUT2D eigenvalue weighted by molar-refractivity contribution is 6.09. The maximum atomic E-state index is 12.5. The molecular formula is C18H20O4. The van der Waals surface area contributed by atoms with Gasteiger partial charge in [0.2, 0.25) is 0 Å². The van der Waals surface area contributed by atoms with E-state index in [4.69, 9.17) is 9.47 Å². The van der Waals surface area contributed by atoms with E-state index < -0.39 is 17.4 Å². The van der Waals surface area contributed by atoms with E-state index in [0.717, 1.165) is 10.8 Å². The first-order chi connectivity index (χ1) is 10.6. The average molecular weight is 300 g/mol. The summed E-state index contributed by atoms with van der Waals surface area (Å²) in [5.41, 5.74) is -0.880. The highest BCUT2D eigenvalue weighted by Gasteiger charge is 2.46. The van der Waals surface area contributed by atoms with Gasteiger partial charge in [-0.1, -0.05) is 42.5 Å². The minimum Gasteiger partial charge on any atom is -0.465 e. The second-order valence-corrected chi connectivity index (χ2v) is 5.09. The molecule has 22 heavy (non-hydrogen) atoms. The Morgan fingerprint density at radius 1 is 0.909 bits per heavy atom. The second-order valence-electron chi connectivity index (χ2n) is 5.09. The second kappa shape index (κ2) is 6.60. The third-order valence-electron chi connectivity index (χ3n) is 3.70. The standard InChI is InChI=1S/C18H20O4/c1-4-21-16(19)18(3,17(20)22-5-2)15-12-8-10-13-9-6-7-11-14(13)15/h6-12H,4-5H2,1-3H3. The largest absolute Gasteiger partial charge is 0.465 e. The van der Waals surface area contributed by atoms with Crippen molar-refractivity contribution >= 4 is 22.7 Å². The number of hydrogen-bond acceptors (Lipinski definition) is 4. The number of fused-ring (bicyclic) bond motifs is 1. The summed E-state index contributed by atoms with van der Waals surface area (Å²) in [6.45, 7) is 5.40. The van der Waals surface area contributed by atoms with Crippen molar-refractivity contribution in [2.24, 2.45) is 0 Å². The van der Waals surface area contributed by atoms with Crippen LogP contribution < -0.4 is 0 Å². The molecule has 0 aliphatic rings. The molecule has 2 aromatic rings. The lowest BCUT2D eigenvalue weighted by Gasteiger charge is -2.26. The van der Waals surface area contributed by atoms with Gasteiger partial charge in [0.1, 0.15) is 0 Å². The van der Waals surface area contributed by atoms with Gasteiger partial charge >= 0.3 is 11.9 Å². The number of hydrogen-bond donors (Lipinski definition) is 0. The van der Waals surface area contributed by atoms with Crippen molar-refractivity contribution in [1.82, 2.24) is 0 Å². The van der Waals surface area contributed by atoms with Gasteiger partial charge in [0, 0.05) is 0 Å². The molecule has 0 aliphatic carbocycles. The topological polar surface area (TPSA) is 52.6 Å². The Morgan fingerprint density at radius 2 is 1.45 bits per heavy atom. The molecule has 0 radical (unpaired) electrons. The van der Waals surface area contributed by atoms with Crippen LogP contribution in [0.1, 0.15) is 26.3 Å². The average Bonchev–Trinajstić information content (AvgIpc) is 2.54. The van der Waals surface area contributed by atoms with Gasteiger partial charge in [-0.05, 0) is 37.1 Å². The zero-order chi connectivity index (χ0) is 16.2. The quantitative estimate of drug-likeness (QED) is 0.628. The molecule has 4 heteroatoms. The van der Waals surface area contributed by atoms with Gasteiger partial charge in [0.25, 0.3) is 0 Å². The number of carbonyl (C=O) groups excluding carboxylic acids is 2. The summed E-state index contributed by atoms with van der Waals surface area (Å²) in [5.74, 6) is -1.19. The fourth-order valence-corrected chi connectivity index (χ4v) is 2.52. The van der Waals surface area contributed by atoms with Crippen LogP contribution in [-0.4, -0.2) is 25.2 Å². The Balaban J connectivity index is 2.66. The Kier molecular flexibility index (Phi) is 4.81. The zero-order valence-corrected chi connectivity index (χ0v) is 13.1. The molecule has 4 nitrogen and oxygen atoms in total. The van der Waals surface area contributed by atoms with E-state index in [0.29, 0.717) is 5.56 Å². The van der Waals surface area contributed by atoms with Crippen molar-refractivity contribution in [1.29, 1.82) is 0 Å². The Bertz CT molecular complexity index is 667. The smallest absolute Gasteiger partial charge is 0.327 e. The molecule has 0 saturated heterocycles. The van der Waals surface area contributed by atoms with E-state index in [1.807, 2.05) is 36.4 Å². The first-order valence-corrected chi connectivity index (χ1v) is 7.38. The summed E-state index contributed by atoms with van der Waals surface area (Å²) in [4.78, 5) is 25.0. The number of rotatable bonds is 5. The van der Waals surface area contributed by atoms with Crippen molar-refractivity contribution < 1.29 is 19.1 Å². The van der Waals surface area contributed by atoms with Crippen molar-refractivity contribution in [2.45, 2.75) is 26.2 Å². The normalized spacial score (nSPS) is 11.2. The lowest BCUT2D eigenvalue weighted by molar-refractivity contribution is -0.163. The third-order valence-corrected chi connectivity index (χ3v) is 3.70. The molecule has 0 spiro atoms. The monoisotopic (exact) mass is 300 g/mol. The molecule has 0 amide bonds. The minimum atomic E-state index is -1.48. The van der Waals surface area contributed by atoms with E-state index in [9.17, 15) is 9.59 Å². The lowest BCUT2D eigenvalue weighted by Crippen LogP contribution is -2.43. The van der Waals surface area contributed by atoms with Crippen LogP contribution in [0, 0.1) is 0 Å². The summed E-state index contributed by atoms with van der Waals surface area (Å²) >= 11 is 0. The lowest BCUT2D eigenvalue weighted by atomic mass is 9.80. The van der Waals surface area contributed by atoms with Crippen LogP contribution in [0.3, 0.4) is 0 Å². The van der Waals surface area contributed by atoms with Crippen molar-refractivity contribution in [3.63, 3.8) is 0 Å². The summed E-state index contributed by atoms with van der Waals surface area (Å²) in [7, 11) is 0. The van der Waals surface area contributed by atoms with E-state index in [1.165, 1.54) is 0 Å². The summed E-state index contributed by atoms with van der Waals surface area (Å²) < 4.78 is 10.3. The Hall–Kier alpha value is -2.36. The van der Waals surface area contributed by atoms with Crippen LogP contribution in [0.4, 0.5) is 0 Å². The van der Waals surface area contributed by atoms with E-state index >= 15 is 0 Å². The number of esters is 2. The molecule has 0 atom stereocenters. The predicted octanol–water partition coefficient (Wildman–Crippen LogP) is 3.22. The highest BCUT2D eigenvalue weighted by Crippen LogP contribution is 2.33. The molecule has 0 aromatic heterocycles. The van der Waals surface area contributed by atoms with E-state index in [2.05, 4.69) is 0 Å². The molecule has 2 rings (SSSR count). The van der Waals surface area contributed by atoms with Gasteiger partial charge in [-0.3, -0.25) is 9.59 Å². The van der Waals surface area contributed by atoms with Gasteiger partial charge in [0.15, 0.2) is 5.41 Å². The van der Waals surface area contributed by atoms with Crippen LogP contribution in [0.25, 0.3) is 10.8 Å². The Labute approximate surface area is 130 Å². The van der Waals surface area contributed by atoms with Crippen LogP contribution in [0.5, 0.6) is 0 Å². The first-order valence-electron chi connectivity index (χ1n) is 7.38. The molecule has 0 aliphatic heterocycles. The summed E-state index contributed by atoms with van der Waals surface area (Å²) in [5, 5.41) is 1.80.